The second kappa shape index (κ2) is 3.67. The lowest BCUT2D eigenvalue weighted by Crippen LogP contribution is -2.27. The topological polar surface area (TPSA) is 62.1 Å². The Morgan fingerprint density at radius 2 is 2.21 bits per heavy atom. The number of halogens is 3. The Balaban J connectivity index is 2.67. The van der Waals surface area contributed by atoms with E-state index in [0.29, 0.717) is 6.54 Å². The van der Waals surface area contributed by atoms with E-state index in [1.807, 2.05) is 0 Å². The van der Waals surface area contributed by atoms with Crippen LogP contribution in [0.2, 0.25) is 0 Å². The average molecular weight is 228 g/mol. The Morgan fingerprint density at radius 1 is 1.57 bits per heavy atom. The fourth-order valence-electron chi connectivity index (χ4n) is 0.906. The number of carbonyl (C=O) groups is 1. The molecule has 1 atom stereocenters. The van der Waals surface area contributed by atoms with Crippen LogP contribution in [-0.4, -0.2) is 30.3 Å². The van der Waals surface area contributed by atoms with E-state index in [-0.39, 0.29) is 11.6 Å². The molecule has 1 aliphatic rings. The molecule has 0 aromatic rings. The van der Waals surface area contributed by atoms with Crippen molar-refractivity contribution in [2.75, 3.05) is 18.2 Å². The molecular formula is C6H7F3N2O2S. The summed E-state index contributed by atoms with van der Waals surface area (Å²) in [4.78, 5) is 10.5. The van der Waals surface area contributed by atoms with Gasteiger partial charge in [-0.1, -0.05) is 0 Å². The summed E-state index contributed by atoms with van der Waals surface area (Å²) in [6.45, 7) is 0.397. The van der Waals surface area contributed by atoms with E-state index < -0.39 is 22.5 Å². The van der Waals surface area contributed by atoms with Crippen molar-refractivity contribution in [3.05, 3.63) is 0 Å². The molecule has 0 aromatic heterocycles. The van der Waals surface area contributed by atoms with Gasteiger partial charge in [0.1, 0.15) is 5.40 Å². The molecule has 1 saturated heterocycles. The molecule has 0 aromatic carbocycles. The lowest BCUT2D eigenvalue weighted by atomic mass is 10.7. The number of nitrogens with one attached hydrogen (secondary N) is 1. The smallest absolute Gasteiger partial charge is 0.394 e. The summed E-state index contributed by atoms with van der Waals surface area (Å²) < 4.78 is 39.7. The molecule has 14 heavy (non-hydrogen) atoms. The van der Waals surface area contributed by atoms with E-state index >= 15 is 0 Å². The first-order valence-electron chi connectivity index (χ1n) is 3.60. The molecule has 1 N–H and O–H groups in total. The monoisotopic (exact) mass is 228 g/mol. The predicted molar refractivity (Wildman–Crippen MR) is 43.1 cm³/mol. The molecular weight excluding hydrogens is 221 g/mol. The highest BCUT2D eigenvalue weighted by atomic mass is 32.3. The minimum absolute atomic E-state index is 0.0192. The summed E-state index contributed by atoms with van der Waals surface area (Å²) >= 11 is 0. The molecule has 0 aliphatic carbocycles. The van der Waals surface area contributed by atoms with Crippen LogP contribution < -0.4 is 5.32 Å². The van der Waals surface area contributed by atoms with Gasteiger partial charge in [0.05, 0.1) is 5.88 Å². The Morgan fingerprint density at radius 3 is 2.57 bits per heavy atom. The Kier molecular flexibility index (Phi) is 2.92. The zero-order chi connectivity index (χ0) is 10.8. The molecule has 1 heterocycles. The van der Waals surface area contributed by atoms with Gasteiger partial charge in [0.25, 0.3) is 0 Å². The van der Waals surface area contributed by atoms with Gasteiger partial charge in [0.15, 0.2) is 0 Å². The molecule has 8 heteroatoms. The molecule has 0 amide bonds. The molecule has 1 rings (SSSR count). The summed E-state index contributed by atoms with van der Waals surface area (Å²) in [5.74, 6) is -2.10. The average Bonchev–Trinajstić information content (AvgIpc) is 2.52. The van der Waals surface area contributed by atoms with Crippen LogP contribution in [0.4, 0.5) is 13.2 Å². The second-order valence-electron chi connectivity index (χ2n) is 2.62. The van der Waals surface area contributed by atoms with E-state index in [1.54, 1.807) is 5.40 Å². The highest BCUT2D eigenvalue weighted by molar-refractivity contribution is 8.34. The van der Waals surface area contributed by atoms with Crippen molar-refractivity contribution in [2.45, 2.75) is 6.18 Å². The van der Waals surface area contributed by atoms with Crippen molar-refractivity contribution in [2.24, 2.45) is 0 Å². The van der Waals surface area contributed by atoms with Gasteiger partial charge in [-0.2, -0.15) is 18.4 Å². The summed E-state index contributed by atoms with van der Waals surface area (Å²) in [7, 11) is -2.56. The molecule has 4 nitrogen and oxygen atoms in total. The van der Waals surface area contributed by atoms with E-state index in [4.69, 9.17) is 5.26 Å². The number of carbonyl (C=O) groups excluding carboxylic acids is 1. The Bertz CT molecular complexity index is 280. The van der Waals surface area contributed by atoms with Crippen LogP contribution in [0.25, 0.3) is 0 Å². The highest BCUT2D eigenvalue weighted by Crippen LogP contribution is 2.50. The van der Waals surface area contributed by atoms with Gasteiger partial charge in [0, 0.05) is 22.6 Å². The Hall–Kier alpha value is -0.940. The van der Waals surface area contributed by atoms with Crippen molar-refractivity contribution in [3.8, 4) is 5.40 Å². The molecule has 0 bridgehead atoms. The Labute approximate surface area is 79.5 Å². The summed E-state index contributed by atoms with van der Waals surface area (Å²) in [5, 5.41) is 13.0. The number of hydrogen-bond donors (Lipinski definition) is 1. The van der Waals surface area contributed by atoms with E-state index in [1.165, 1.54) is 0 Å². The number of hydrogen-bond acceptors (Lipinski definition) is 4. The minimum Gasteiger partial charge on any atom is -0.394 e. The molecule has 1 aliphatic heterocycles. The van der Waals surface area contributed by atoms with Crippen molar-refractivity contribution in [1.82, 2.24) is 5.32 Å². The zero-order valence-corrected chi connectivity index (χ0v) is 7.74. The zero-order valence-electron chi connectivity index (χ0n) is 6.93. The first-order chi connectivity index (χ1) is 6.40. The third kappa shape index (κ3) is 2.30. The van der Waals surface area contributed by atoms with Crippen LogP contribution in [0.5, 0.6) is 0 Å². The van der Waals surface area contributed by atoms with Crippen LogP contribution in [0, 0.1) is 10.7 Å². The lowest BCUT2D eigenvalue weighted by Gasteiger charge is -2.25. The molecule has 0 spiro atoms. The second-order valence-corrected chi connectivity index (χ2v) is 5.29. The third-order valence-electron chi connectivity index (χ3n) is 1.58. The van der Waals surface area contributed by atoms with Crippen molar-refractivity contribution >= 4 is 16.3 Å². The number of thiocyanates is 1. The van der Waals surface area contributed by atoms with Gasteiger partial charge in [-0.05, 0) is 0 Å². The summed E-state index contributed by atoms with van der Waals surface area (Å²) in [5.41, 5.74) is 0. The maximum Gasteiger partial charge on any atom is 0.491 e. The molecule has 0 radical (unpaired) electrons. The molecule has 1 fully saturated rings. The van der Waals surface area contributed by atoms with Gasteiger partial charge in [-0.3, -0.25) is 0 Å². The molecule has 80 valence electrons. The number of alkyl halides is 3. The fourth-order valence-corrected chi connectivity index (χ4v) is 2.72. The number of rotatable bonds is 1. The standard InChI is InChI=1S/C6H7F3N2O2S/c7-6(8,9)5(12)13-14(3-10)2-1-11-4-14/h11H,1-2,4H2. The fraction of sp³-hybridized carbons (Fsp3) is 0.667. The van der Waals surface area contributed by atoms with Gasteiger partial charge in [0.2, 0.25) is 0 Å². The van der Waals surface area contributed by atoms with Crippen molar-refractivity contribution < 1.29 is 22.1 Å². The number of nitriles is 1. The SMILES string of the molecule is N#CS1(OC(=O)C(F)(F)F)CCNC1. The van der Waals surface area contributed by atoms with Crippen LogP contribution in [0.1, 0.15) is 0 Å². The number of nitrogens with zero attached hydrogens (tertiary/aromatic N) is 1. The summed E-state index contributed by atoms with van der Waals surface area (Å²) in [6.07, 6.45) is -5.03. The maximum absolute atomic E-state index is 11.8. The van der Waals surface area contributed by atoms with Crippen molar-refractivity contribution in [1.29, 1.82) is 5.26 Å². The van der Waals surface area contributed by atoms with Gasteiger partial charge in [-0.15, -0.1) is 0 Å². The highest BCUT2D eigenvalue weighted by Gasteiger charge is 2.46. The normalized spacial score (nSPS) is 31.6. The van der Waals surface area contributed by atoms with Crippen LogP contribution in [0.15, 0.2) is 0 Å². The maximum atomic E-state index is 11.8. The quantitative estimate of drug-likeness (QED) is 0.676. The van der Waals surface area contributed by atoms with Crippen molar-refractivity contribution in [3.63, 3.8) is 0 Å². The van der Waals surface area contributed by atoms with Gasteiger partial charge < -0.3 is 9.50 Å². The molecule has 1 unspecified atom stereocenters. The van der Waals surface area contributed by atoms with E-state index in [0.717, 1.165) is 0 Å². The molecule has 0 saturated carbocycles. The van der Waals surface area contributed by atoms with Crippen LogP contribution in [-0.2, 0) is 8.98 Å². The van der Waals surface area contributed by atoms with E-state index in [9.17, 15) is 18.0 Å². The third-order valence-corrected chi connectivity index (χ3v) is 3.91. The van der Waals surface area contributed by atoms with Gasteiger partial charge >= 0.3 is 12.1 Å². The lowest BCUT2D eigenvalue weighted by molar-refractivity contribution is -0.188. The van der Waals surface area contributed by atoms with E-state index in [2.05, 4.69) is 9.50 Å². The largest absolute Gasteiger partial charge is 0.491 e. The van der Waals surface area contributed by atoms with Crippen LogP contribution in [0.3, 0.4) is 0 Å². The van der Waals surface area contributed by atoms with Crippen LogP contribution >= 0.6 is 10.3 Å². The predicted octanol–water partition coefficient (Wildman–Crippen LogP) is 0.853. The van der Waals surface area contributed by atoms with Gasteiger partial charge in [-0.25, -0.2) is 4.79 Å². The summed E-state index contributed by atoms with van der Waals surface area (Å²) in [6, 6.07) is 0. The minimum atomic E-state index is -5.03. The first-order valence-corrected chi connectivity index (χ1v) is 5.50. The first kappa shape index (κ1) is 11.1.